The zero-order chi connectivity index (χ0) is 25.9. The van der Waals surface area contributed by atoms with E-state index in [0.717, 1.165) is 24.2 Å². The molecule has 1 aliphatic rings. The first-order chi connectivity index (χ1) is 17.9. The van der Waals surface area contributed by atoms with Crippen LogP contribution in [0.4, 0.5) is 0 Å². The van der Waals surface area contributed by atoms with E-state index in [-0.39, 0.29) is 29.7 Å². The highest BCUT2D eigenvalue weighted by Gasteiger charge is 2.33. The van der Waals surface area contributed by atoms with Crippen LogP contribution in [0.25, 0.3) is 16.6 Å². The monoisotopic (exact) mass is 497 g/mol. The number of nitrogens with zero attached hydrogens (tertiary/aromatic N) is 2. The van der Waals surface area contributed by atoms with Gasteiger partial charge in [0.2, 0.25) is 0 Å². The van der Waals surface area contributed by atoms with E-state index in [0.29, 0.717) is 28.3 Å². The van der Waals surface area contributed by atoms with Crippen LogP contribution in [-0.2, 0) is 9.53 Å². The van der Waals surface area contributed by atoms with Crippen LogP contribution in [0.2, 0.25) is 0 Å². The average Bonchev–Trinajstić information content (AvgIpc) is 3.76. The lowest BCUT2D eigenvalue weighted by molar-refractivity contribution is -0.125. The second-order valence-electron chi connectivity index (χ2n) is 9.10. The molecule has 1 unspecified atom stereocenters. The fourth-order valence-electron chi connectivity index (χ4n) is 4.44. The molecule has 188 valence electrons. The Morgan fingerprint density at radius 2 is 1.73 bits per heavy atom. The van der Waals surface area contributed by atoms with Crippen LogP contribution in [0.5, 0.6) is 5.75 Å². The van der Waals surface area contributed by atoms with Gasteiger partial charge in [0, 0.05) is 0 Å². The minimum Gasteiger partial charge on any atom is -0.497 e. The first-order valence-corrected chi connectivity index (χ1v) is 12.1. The van der Waals surface area contributed by atoms with Crippen molar-refractivity contribution in [1.29, 1.82) is 0 Å². The van der Waals surface area contributed by atoms with E-state index in [4.69, 9.17) is 9.47 Å². The number of ether oxygens (including phenoxy) is 2. The Hall–Kier alpha value is -4.46. The largest absolute Gasteiger partial charge is 0.497 e. The Morgan fingerprint density at radius 1 is 1.03 bits per heavy atom. The highest BCUT2D eigenvalue weighted by molar-refractivity contribution is 5.91. The van der Waals surface area contributed by atoms with Crippen molar-refractivity contribution < 1.29 is 19.1 Å². The SMILES string of the molecule is COc1ccc(C(NC(=O)COC(=O)c2ccc(-n3c(C)nc4ccccc4c3=O)cc2)C2CC2)cc1. The molecule has 5 rings (SSSR count). The van der Waals surface area contributed by atoms with E-state index in [1.807, 2.05) is 30.3 Å². The fourth-order valence-corrected chi connectivity index (χ4v) is 4.44. The molecule has 3 aromatic carbocycles. The molecule has 1 heterocycles. The molecule has 1 saturated carbocycles. The van der Waals surface area contributed by atoms with Crippen molar-refractivity contribution in [1.82, 2.24) is 14.9 Å². The maximum Gasteiger partial charge on any atom is 0.338 e. The molecule has 1 aromatic heterocycles. The summed E-state index contributed by atoms with van der Waals surface area (Å²) in [6, 6.07) is 21.1. The number of aromatic nitrogens is 2. The molecule has 1 atom stereocenters. The van der Waals surface area contributed by atoms with Crippen molar-refractivity contribution in [3.8, 4) is 11.4 Å². The third kappa shape index (κ3) is 5.23. The van der Waals surface area contributed by atoms with Crippen LogP contribution in [0.15, 0.2) is 77.6 Å². The van der Waals surface area contributed by atoms with Crippen LogP contribution >= 0.6 is 0 Å². The van der Waals surface area contributed by atoms with Gasteiger partial charge in [0.05, 0.1) is 35.3 Å². The van der Waals surface area contributed by atoms with Gasteiger partial charge in [-0.2, -0.15) is 0 Å². The van der Waals surface area contributed by atoms with Crippen LogP contribution in [0.3, 0.4) is 0 Å². The molecule has 8 heteroatoms. The number of hydrogen-bond donors (Lipinski definition) is 1. The van der Waals surface area contributed by atoms with Crippen LogP contribution in [0, 0.1) is 12.8 Å². The normalized spacial score (nSPS) is 13.7. The lowest BCUT2D eigenvalue weighted by Crippen LogP contribution is -2.33. The molecule has 4 aromatic rings. The Morgan fingerprint density at radius 3 is 2.41 bits per heavy atom. The number of carbonyl (C=O) groups excluding carboxylic acids is 2. The van der Waals surface area contributed by atoms with Crippen molar-refractivity contribution in [2.45, 2.75) is 25.8 Å². The van der Waals surface area contributed by atoms with Crippen molar-refractivity contribution in [3.05, 3.63) is 100 Å². The highest BCUT2D eigenvalue weighted by atomic mass is 16.5. The van der Waals surface area contributed by atoms with Crippen molar-refractivity contribution in [3.63, 3.8) is 0 Å². The number of nitrogens with one attached hydrogen (secondary N) is 1. The fraction of sp³-hybridized carbons (Fsp3) is 0.241. The first kappa shape index (κ1) is 24.2. The summed E-state index contributed by atoms with van der Waals surface area (Å²) in [5.74, 6) is 0.688. The quantitative estimate of drug-likeness (QED) is 0.368. The number of carbonyl (C=O) groups is 2. The maximum absolute atomic E-state index is 13.0. The second kappa shape index (κ2) is 10.3. The van der Waals surface area contributed by atoms with Gasteiger partial charge in [0.1, 0.15) is 11.6 Å². The van der Waals surface area contributed by atoms with E-state index in [1.54, 1.807) is 56.5 Å². The summed E-state index contributed by atoms with van der Waals surface area (Å²) in [4.78, 5) is 42.7. The van der Waals surface area contributed by atoms with Gasteiger partial charge in [-0.25, -0.2) is 9.78 Å². The lowest BCUT2D eigenvalue weighted by atomic mass is 10.0. The van der Waals surface area contributed by atoms with Crippen molar-refractivity contribution in [2.75, 3.05) is 13.7 Å². The number of amides is 1. The number of para-hydroxylation sites is 1. The van der Waals surface area contributed by atoms with Gasteiger partial charge in [-0.1, -0.05) is 24.3 Å². The van der Waals surface area contributed by atoms with Crippen molar-refractivity contribution in [2.24, 2.45) is 5.92 Å². The number of hydrogen-bond acceptors (Lipinski definition) is 6. The van der Waals surface area contributed by atoms with E-state index >= 15 is 0 Å². The Labute approximate surface area is 213 Å². The number of rotatable bonds is 8. The third-order valence-electron chi connectivity index (χ3n) is 6.52. The predicted octanol–water partition coefficient (Wildman–Crippen LogP) is 4.13. The zero-order valence-electron chi connectivity index (χ0n) is 20.6. The van der Waals surface area contributed by atoms with E-state index in [2.05, 4.69) is 10.3 Å². The number of fused-ring (bicyclic) bond motifs is 1. The van der Waals surface area contributed by atoms with Gasteiger partial charge < -0.3 is 14.8 Å². The molecular formula is C29H27N3O5. The maximum atomic E-state index is 13.0. The molecule has 1 aliphatic carbocycles. The number of methoxy groups -OCH3 is 1. The van der Waals surface area contributed by atoms with Gasteiger partial charge >= 0.3 is 5.97 Å². The number of benzene rings is 3. The van der Waals surface area contributed by atoms with E-state index in [9.17, 15) is 14.4 Å². The summed E-state index contributed by atoms with van der Waals surface area (Å²) in [5.41, 5.74) is 2.31. The highest BCUT2D eigenvalue weighted by Crippen LogP contribution is 2.41. The Bertz CT molecular complexity index is 1510. The van der Waals surface area contributed by atoms with E-state index < -0.39 is 5.97 Å². The second-order valence-corrected chi connectivity index (χ2v) is 9.10. The minimum absolute atomic E-state index is 0.131. The summed E-state index contributed by atoms with van der Waals surface area (Å²) in [5, 5.41) is 3.51. The molecular weight excluding hydrogens is 470 g/mol. The molecule has 0 saturated heterocycles. The number of esters is 1. The topological polar surface area (TPSA) is 99.5 Å². The van der Waals surface area contributed by atoms with Gasteiger partial charge in [0.15, 0.2) is 6.61 Å². The van der Waals surface area contributed by atoms with Crippen LogP contribution in [0.1, 0.15) is 40.6 Å². The summed E-state index contributed by atoms with van der Waals surface area (Å²) >= 11 is 0. The van der Waals surface area contributed by atoms with Crippen LogP contribution in [-0.4, -0.2) is 35.1 Å². The van der Waals surface area contributed by atoms with Gasteiger partial charge in [0.25, 0.3) is 11.5 Å². The minimum atomic E-state index is -0.616. The molecule has 0 radical (unpaired) electrons. The third-order valence-corrected chi connectivity index (χ3v) is 6.52. The molecule has 1 N–H and O–H groups in total. The summed E-state index contributed by atoms with van der Waals surface area (Å²) in [6.45, 7) is 1.38. The first-order valence-electron chi connectivity index (χ1n) is 12.1. The summed E-state index contributed by atoms with van der Waals surface area (Å²) in [6.07, 6.45) is 2.08. The molecule has 0 spiro atoms. The molecule has 0 aliphatic heterocycles. The van der Waals surface area contributed by atoms with Crippen LogP contribution < -0.4 is 15.6 Å². The van der Waals surface area contributed by atoms with Gasteiger partial charge in [-0.3, -0.25) is 14.2 Å². The smallest absolute Gasteiger partial charge is 0.338 e. The Balaban J connectivity index is 1.23. The van der Waals surface area contributed by atoms with Crippen molar-refractivity contribution >= 4 is 22.8 Å². The molecule has 8 nitrogen and oxygen atoms in total. The van der Waals surface area contributed by atoms with Gasteiger partial charge in [-0.05, 0) is 79.8 Å². The molecule has 1 amide bonds. The number of aryl methyl sites for hydroxylation is 1. The average molecular weight is 498 g/mol. The summed E-state index contributed by atoms with van der Waals surface area (Å²) in [7, 11) is 1.61. The standard InChI is InChI=1S/C29H27N3O5/c1-18-30-25-6-4-3-5-24(25)28(34)32(18)22-13-9-21(10-14-22)29(35)37-17-26(33)31-27(19-7-8-19)20-11-15-23(36-2)16-12-20/h3-6,9-16,19,27H,7-8,17H2,1-2H3,(H,31,33). The molecule has 0 bridgehead atoms. The van der Waals surface area contributed by atoms with E-state index in [1.165, 1.54) is 4.57 Å². The Kier molecular flexibility index (Phi) is 6.72. The lowest BCUT2D eigenvalue weighted by Gasteiger charge is -2.19. The molecule has 37 heavy (non-hydrogen) atoms. The molecule has 1 fully saturated rings. The van der Waals surface area contributed by atoms with Gasteiger partial charge in [-0.15, -0.1) is 0 Å². The zero-order valence-corrected chi connectivity index (χ0v) is 20.6. The predicted molar refractivity (Wildman–Crippen MR) is 139 cm³/mol. The summed E-state index contributed by atoms with van der Waals surface area (Å²) < 4.78 is 12.0.